The molecule has 1 aromatic rings. The molecule has 16 heavy (non-hydrogen) atoms. The molecule has 0 amide bonds. The number of nitrogens with two attached hydrogens (primary N) is 1. The van der Waals surface area contributed by atoms with Crippen molar-refractivity contribution >= 4 is 5.78 Å². The molecule has 0 aliphatic rings. The van der Waals surface area contributed by atoms with Gasteiger partial charge in [0.25, 0.3) is 0 Å². The summed E-state index contributed by atoms with van der Waals surface area (Å²) in [6, 6.07) is 1.24. The van der Waals surface area contributed by atoms with Crippen LogP contribution < -0.4 is 10.5 Å². The molecule has 4 nitrogen and oxygen atoms in total. The molecule has 0 radical (unpaired) electrons. The number of rotatable bonds is 6. The fraction of sp³-hybridized carbons (Fsp3) is 0.500. The predicted octanol–water partition coefficient (Wildman–Crippen LogP) is 1.79. The summed E-state index contributed by atoms with van der Waals surface area (Å²) in [6.07, 6.45) is 4.67. The van der Waals surface area contributed by atoms with Gasteiger partial charge in [0.1, 0.15) is 5.75 Å². The number of hydrogen-bond donors (Lipinski definition) is 1. The largest absolute Gasteiger partial charge is 0.492 e. The van der Waals surface area contributed by atoms with E-state index in [1.807, 2.05) is 13.8 Å². The third-order valence-electron chi connectivity index (χ3n) is 2.25. The quantitative estimate of drug-likeness (QED) is 0.745. The summed E-state index contributed by atoms with van der Waals surface area (Å²) < 4.78 is 5.40. The number of pyridine rings is 1. The van der Waals surface area contributed by atoms with Crippen molar-refractivity contribution < 1.29 is 9.53 Å². The SMILES string of the molecule is CCCOc1cncc(C(=O)C(N)CC)c1. The van der Waals surface area contributed by atoms with Crippen molar-refractivity contribution in [3.05, 3.63) is 24.0 Å². The molecular weight excluding hydrogens is 204 g/mol. The maximum atomic E-state index is 11.8. The highest BCUT2D eigenvalue weighted by Gasteiger charge is 2.14. The smallest absolute Gasteiger partial charge is 0.181 e. The first-order chi connectivity index (χ1) is 7.69. The lowest BCUT2D eigenvalue weighted by molar-refractivity contribution is 0.0958. The summed E-state index contributed by atoms with van der Waals surface area (Å²) in [5.41, 5.74) is 6.20. The monoisotopic (exact) mass is 222 g/mol. The molecule has 0 aliphatic heterocycles. The van der Waals surface area contributed by atoms with Crippen molar-refractivity contribution in [2.24, 2.45) is 5.73 Å². The van der Waals surface area contributed by atoms with Gasteiger partial charge in [0, 0.05) is 11.8 Å². The van der Waals surface area contributed by atoms with E-state index in [-0.39, 0.29) is 5.78 Å². The van der Waals surface area contributed by atoms with Crippen molar-refractivity contribution in [2.75, 3.05) is 6.61 Å². The number of carbonyl (C=O) groups excluding carboxylic acids is 1. The number of ether oxygens (including phenoxy) is 1. The Balaban J connectivity index is 2.77. The lowest BCUT2D eigenvalue weighted by Gasteiger charge is -2.09. The lowest BCUT2D eigenvalue weighted by atomic mass is 10.1. The molecule has 0 fully saturated rings. The average Bonchev–Trinajstić information content (AvgIpc) is 2.34. The van der Waals surface area contributed by atoms with E-state index >= 15 is 0 Å². The van der Waals surface area contributed by atoms with Crippen molar-refractivity contribution in [2.45, 2.75) is 32.7 Å². The van der Waals surface area contributed by atoms with Crippen LogP contribution in [0.3, 0.4) is 0 Å². The number of aromatic nitrogens is 1. The maximum absolute atomic E-state index is 11.8. The van der Waals surface area contributed by atoms with Gasteiger partial charge in [-0.05, 0) is 18.9 Å². The molecular formula is C12H18N2O2. The van der Waals surface area contributed by atoms with Crippen LogP contribution in [0.1, 0.15) is 37.0 Å². The number of nitrogens with zero attached hydrogens (tertiary/aromatic N) is 1. The van der Waals surface area contributed by atoms with E-state index in [9.17, 15) is 4.79 Å². The van der Waals surface area contributed by atoms with Crippen LogP contribution in [0.4, 0.5) is 0 Å². The third-order valence-corrected chi connectivity index (χ3v) is 2.25. The van der Waals surface area contributed by atoms with Gasteiger partial charge in [-0.25, -0.2) is 0 Å². The van der Waals surface area contributed by atoms with Crippen LogP contribution in [-0.4, -0.2) is 23.4 Å². The Morgan fingerprint density at radius 2 is 2.25 bits per heavy atom. The van der Waals surface area contributed by atoms with Gasteiger partial charge in [0.2, 0.25) is 0 Å². The second-order valence-electron chi connectivity index (χ2n) is 3.64. The number of ketones is 1. The molecule has 0 spiro atoms. The first-order valence-corrected chi connectivity index (χ1v) is 5.56. The standard InChI is InChI=1S/C12H18N2O2/c1-3-5-16-10-6-9(7-14-8-10)12(15)11(13)4-2/h6-8,11H,3-5,13H2,1-2H3. The van der Waals surface area contributed by atoms with Crippen LogP contribution in [0.15, 0.2) is 18.5 Å². The van der Waals surface area contributed by atoms with E-state index in [0.29, 0.717) is 24.3 Å². The van der Waals surface area contributed by atoms with E-state index < -0.39 is 6.04 Å². The fourth-order valence-corrected chi connectivity index (χ4v) is 1.25. The zero-order valence-electron chi connectivity index (χ0n) is 9.77. The molecule has 1 rings (SSSR count). The Hall–Kier alpha value is -1.42. The minimum atomic E-state index is -0.455. The number of hydrogen-bond acceptors (Lipinski definition) is 4. The van der Waals surface area contributed by atoms with E-state index in [1.165, 1.54) is 6.20 Å². The van der Waals surface area contributed by atoms with Crippen molar-refractivity contribution in [1.82, 2.24) is 4.98 Å². The Kier molecular flexibility index (Phi) is 4.92. The molecule has 0 aromatic carbocycles. The average molecular weight is 222 g/mol. The predicted molar refractivity (Wildman–Crippen MR) is 62.6 cm³/mol. The zero-order valence-corrected chi connectivity index (χ0v) is 9.77. The summed E-state index contributed by atoms with van der Waals surface area (Å²) in [7, 11) is 0. The summed E-state index contributed by atoms with van der Waals surface area (Å²) in [4.78, 5) is 15.8. The molecule has 2 N–H and O–H groups in total. The number of Topliss-reactive ketones (excluding diaryl/α,β-unsaturated/α-hetero) is 1. The van der Waals surface area contributed by atoms with E-state index in [4.69, 9.17) is 10.5 Å². The Morgan fingerprint density at radius 3 is 2.88 bits per heavy atom. The van der Waals surface area contributed by atoms with Gasteiger partial charge < -0.3 is 10.5 Å². The Labute approximate surface area is 95.8 Å². The second-order valence-corrected chi connectivity index (χ2v) is 3.64. The van der Waals surface area contributed by atoms with Gasteiger partial charge in [-0.3, -0.25) is 9.78 Å². The highest BCUT2D eigenvalue weighted by molar-refractivity contribution is 5.99. The molecule has 1 unspecified atom stereocenters. The Morgan fingerprint density at radius 1 is 1.50 bits per heavy atom. The van der Waals surface area contributed by atoms with Gasteiger partial charge in [-0.15, -0.1) is 0 Å². The normalized spacial score (nSPS) is 12.2. The fourth-order valence-electron chi connectivity index (χ4n) is 1.25. The van der Waals surface area contributed by atoms with Crippen molar-refractivity contribution in [1.29, 1.82) is 0 Å². The topological polar surface area (TPSA) is 65.2 Å². The molecule has 4 heteroatoms. The third kappa shape index (κ3) is 3.31. The van der Waals surface area contributed by atoms with Crippen LogP contribution in [0.2, 0.25) is 0 Å². The molecule has 0 bridgehead atoms. The minimum Gasteiger partial charge on any atom is -0.492 e. The molecule has 0 saturated carbocycles. The van der Waals surface area contributed by atoms with Crippen molar-refractivity contribution in [3.63, 3.8) is 0 Å². The van der Waals surface area contributed by atoms with E-state index in [1.54, 1.807) is 12.3 Å². The van der Waals surface area contributed by atoms with Gasteiger partial charge in [0.05, 0.1) is 18.8 Å². The van der Waals surface area contributed by atoms with Gasteiger partial charge in [-0.1, -0.05) is 13.8 Å². The summed E-state index contributed by atoms with van der Waals surface area (Å²) in [6.45, 7) is 4.53. The van der Waals surface area contributed by atoms with E-state index in [2.05, 4.69) is 4.98 Å². The molecule has 1 heterocycles. The van der Waals surface area contributed by atoms with Gasteiger partial charge >= 0.3 is 0 Å². The first-order valence-electron chi connectivity index (χ1n) is 5.56. The van der Waals surface area contributed by atoms with Crippen LogP contribution in [-0.2, 0) is 0 Å². The molecule has 0 aliphatic carbocycles. The minimum absolute atomic E-state index is 0.0862. The maximum Gasteiger partial charge on any atom is 0.181 e. The van der Waals surface area contributed by atoms with Gasteiger partial charge in [-0.2, -0.15) is 0 Å². The number of carbonyl (C=O) groups is 1. The van der Waals surface area contributed by atoms with Gasteiger partial charge in [0.15, 0.2) is 5.78 Å². The van der Waals surface area contributed by atoms with Crippen molar-refractivity contribution in [3.8, 4) is 5.75 Å². The summed E-state index contributed by atoms with van der Waals surface area (Å²) in [5.74, 6) is 0.535. The van der Waals surface area contributed by atoms with Crippen LogP contribution in [0.25, 0.3) is 0 Å². The Bertz CT molecular complexity index is 353. The molecule has 0 saturated heterocycles. The van der Waals surface area contributed by atoms with Crippen LogP contribution in [0, 0.1) is 0 Å². The molecule has 88 valence electrons. The lowest BCUT2D eigenvalue weighted by Crippen LogP contribution is -2.29. The van der Waals surface area contributed by atoms with Crippen LogP contribution >= 0.6 is 0 Å². The highest BCUT2D eigenvalue weighted by atomic mass is 16.5. The van der Waals surface area contributed by atoms with Crippen LogP contribution in [0.5, 0.6) is 5.75 Å². The molecule has 1 atom stereocenters. The zero-order chi connectivity index (χ0) is 12.0. The summed E-state index contributed by atoms with van der Waals surface area (Å²) in [5, 5.41) is 0. The molecule has 1 aromatic heterocycles. The van der Waals surface area contributed by atoms with E-state index in [0.717, 1.165) is 6.42 Å². The first kappa shape index (κ1) is 12.6. The highest BCUT2D eigenvalue weighted by Crippen LogP contribution is 2.13. The summed E-state index contributed by atoms with van der Waals surface area (Å²) >= 11 is 0. The second kappa shape index (κ2) is 6.23.